The highest BCUT2D eigenvalue weighted by molar-refractivity contribution is 5.94. The van der Waals surface area contributed by atoms with E-state index in [1.807, 2.05) is 19.9 Å². The zero-order chi connectivity index (χ0) is 16.8. The molecule has 2 aliphatic rings. The molecule has 1 aliphatic carbocycles. The molecule has 0 aromatic carbocycles. The van der Waals surface area contributed by atoms with Crippen LogP contribution < -0.4 is 5.32 Å². The van der Waals surface area contributed by atoms with Gasteiger partial charge < -0.3 is 14.8 Å². The van der Waals surface area contributed by atoms with Crippen LogP contribution in [0.2, 0.25) is 0 Å². The van der Waals surface area contributed by atoms with E-state index in [0.29, 0.717) is 19.0 Å². The molecule has 6 heteroatoms. The number of hydrogen-bond acceptors (Lipinski definition) is 5. The summed E-state index contributed by atoms with van der Waals surface area (Å²) in [6, 6.07) is 3.57. The third kappa shape index (κ3) is 4.28. The molecule has 0 radical (unpaired) electrons. The van der Waals surface area contributed by atoms with Crippen LogP contribution in [0, 0.1) is 5.92 Å². The highest BCUT2D eigenvalue weighted by atomic mass is 16.5. The number of amides is 1. The Balaban J connectivity index is 0.000000924. The van der Waals surface area contributed by atoms with Gasteiger partial charge in [0.05, 0.1) is 13.7 Å². The molecule has 126 valence electrons. The quantitative estimate of drug-likeness (QED) is 0.863. The van der Waals surface area contributed by atoms with E-state index in [1.54, 1.807) is 6.07 Å². The number of nitrogens with one attached hydrogen (secondary N) is 1. The van der Waals surface area contributed by atoms with Crippen LogP contribution in [0.3, 0.4) is 0 Å². The van der Waals surface area contributed by atoms with Crippen molar-refractivity contribution in [2.75, 3.05) is 25.6 Å². The third-order valence-corrected chi connectivity index (χ3v) is 3.87. The maximum absolute atomic E-state index is 11.9. The van der Waals surface area contributed by atoms with Crippen molar-refractivity contribution in [2.24, 2.45) is 5.92 Å². The fraction of sp³-hybridized carbons (Fsp3) is 0.588. The van der Waals surface area contributed by atoms with E-state index < -0.39 is 5.97 Å². The summed E-state index contributed by atoms with van der Waals surface area (Å²) < 4.78 is 10.2. The first-order chi connectivity index (χ1) is 11.2. The largest absolute Gasteiger partial charge is 0.464 e. The summed E-state index contributed by atoms with van der Waals surface area (Å²) in [6.45, 7) is 5.27. The molecule has 1 saturated carbocycles. The maximum Gasteiger partial charge on any atom is 0.357 e. The summed E-state index contributed by atoms with van der Waals surface area (Å²) in [7, 11) is 1.33. The van der Waals surface area contributed by atoms with Crippen LogP contribution in [0.1, 0.15) is 55.1 Å². The number of nitrogens with zero attached hydrogens (tertiary/aromatic N) is 1. The molecular formula is C17H24N2O4. The monoisotopic (exact) mass is 320 g/mol. The number of ether oxygens (including phenoxy) is 2. The molecule has 6 nitrogen and oxygen atoms in total. The molecule has 23 heavy (non-hydrogen) atoms. The van der Waals surface area contributed by atoms with Gasteiger partial charge in [0, 0.05) is 18.4 Å². The summed E-state index contributed by atoms with van der Waals surface area (Å²) in [5.74, 6) is 0.126. The highest BCUT2D eigenvalue weighted by Gasteiger charge is 2.30. The van der Waals surface area contributed by atoms with Gasteiger partial charge in [-0.25, -0.2) is 9.78 Å². The average Bonchev–Trinajstić information content (AvgIpc) is 3.31. The summed E-state index contributed by atoms with van der Waals surface area (Å²) in [6.07, 6.45) is 2.71. The van der Waals surface area contributed by atoms with Crippen molar-refractivity contribution in [3.63, 3.8) is 0 Å². The van der Waals surface area contributed by atoms with Crippen LogP contribution in [0.25, 0.3) is 0 Å². The molecule has 2 heterocycles. The second-order valence-corrected chi connectivity index (χ2v) is 5.45. The molecule has 0 spiro atoms. The number of methoxy groups -OCH3 is 1. The number of aromatic nitrogens is 1. The minimum Gasteiger partial charge on any atom is -0.464 e. The third-order valence-electron chi connectivity index (χ3n) is 3.87. The number of rotatable bonds is 4. The molecule has 3 rings (SSSR count). The van der Waals surface area contributed by atoms with E-state index in [1.165, 1.54) is 7.11 Å². The van der Waals surface area contributed by atoms with Crippen molar-refractivity contribution in [3.8, 4) is 0 Å². The van der Waals surface area contributed by atoms with Crippen molar-refractivity contribution in [2.45, 2.75) is 39.0 Å². The minimum atomic E-state index is -0.487. The molecule has 2 fully saturated rings. The Morgan fingerprint density at radius 3 is 2.57 bits per heavy atom. The fourth-order valence-electron chi connectivity index (χ4n) is 2.48. The fourth-order valence-corrected chi connectivity index (χ4v) is 2.48. The molecule has 1 aromatic heterocycles. The van der Waals surface area contributed by atoms with Crippen LogP contribution in [0.15, 0.2) is 12.1 Å². The van der Waals surface area contributed by atoms with E-state index in [-0.39, 0.29) is 23.4 Å². The van der Waals surface area contributed by atoms with Gasteiger partial charge in [0.2, 0.25) is 5.91 Å². The Bertz CT molecular complexity index is 564. The first-order valence-corrected chi connectivity index (χ1v) is 8.17. The van der Waals surface area contributed by atoms with Gasteiger partial charge in [-0.3, -0.25) is 4.79 Å². The number of carbonyl (C=O) groups excluding carboxylic acids is 2. The minimum absolute atomic E-state index is 0.0322. The topological polar surface area (TPSA) is 77.5 Å². The van der Waals surface area contributed by atoms with E-state index in [9.17, 15) is 9.59 Å². The van der Waals surface area contributed by atoms with Crippen molar-refractivity contribution in [1.82, 2.24) is 4.98 Å². The lowest BCUT2D eigenvalue weighted by Crippen LogP contribution is -2.18. The van der Waals surface area contributed by atoms with Gasteiger partial charge in [-0.15, -0.1) is 0 Å². The zero-order valence-electron chi connectivity index (χ0n) is 13.9. The van der Waals surface area contributed by atoms with Crippen LogP contribution in [-0.4, -0.2) is 37.2 Å². The first kappa shape index (κ1) is 17.4. The molecule has 1 aromatic rings. The molecule has 1 atom stereocenters. The van der Waals surface area contributed by atoms with Crippen molar-refractivity contribution < 1.29 is 19.1 Å². The van der Waals surface area contributed by atoms with Crippen LogP contribution >= 0.6 is 0 Å². The second-order valence-electron chi connectivity index (χ2n) is 5.45. The van der Waals surface area contributed by atoms with Crippen molar-refractivity contribution in [1.29, 1.82) is 0 Å². The second kappa shape index (κ2) is 8.06. The standard InChI is InChI=1S/C15H18N2O4.C2H6/c1-20-15(19)13-11(10-6-7-21-8-10)4-5-12(16-13)17-14(18)9-2-3-9;1-2/h4-5,9-10H,2-3,6-8H2,1H3,(H,16,17,18);1-2H3. The van der Waals surface area contributed by atoms with E-state index in [4.69, 9.17) is 9.47 Å². The normalized spacial score (nSPS) is 19.5. The van der Waals surface area contributed by atoms with Crippen molar-refractivity contribution in [3.05, 3.63) is 23.4 Å². The lowest BCUT2D eigenvalue weighted by atomic mass is 9.97. The smallest absolute Gasteiger partial charge is 0.357 e. The summed E-state index contributed by atoms with van der Waals surface area (Å²) in [5.41, 5.74) is 1.09. The zero-order valence-corrected chi connectivity index (χ0v) is 13.9. The molecule has 1 unspecified atom stereocenters. The van der Waals surface area contributed by atoms with Crippen LogP contribution in [0.4, 0.5) is 5.82 Å². The Kier molecular flexibility index (Phi) is 6.10. The summed E-state index contributed by atoms with van der Waals surface area (Å²) >= 11 is 0. The van der Waals surface area contributed by atoms with Gasteiger partial charge in [0.1, 0.15) is 5.82 Å². The SMILES string of the molecule is CC.COC(=O)c1nc(NC(=O)C2CC2)ccc1C1CCOC1. The number of carbonyl (C=O) groups is 2. The molecule has 1 aliphatic heterocycles. The molecule has 1 amide bonds. The highest BCUT2D eigenvalue weighted by Crippen LogP contribution is 2.31. The van der Waals surface area contributed by atoms with Gasteiger partial charge in [-0.1, -0.05) is 19.9 Å². The maximum atomic E-state index is 11.9. The summed E-state index contributed by atoms with van der Waals surface area (Å²) in [4.78, 5) is 28.0. The molecular weight excluding hydrogens is 296 g/mol. The lowest BCUT2D eigenvalue weighted by Gasteiger charge is -2.13. The summed E-state index contributed by atoms with van der Waals surface area (Å²) in [5, 5.41) is 2.75. The number of pyridine rings is 1. The van der Waals surface area contributed by atoms with E-state index >= 15 is 0 Å². The Labute approximate surface area is 136 Å². The van der Waals surface area contributed by atoms with Crippen LogP contribution in [0.5, 0.6) is 0 Å². The molecule has 1 saturated heterocycles. The first-order valence-electron chi connectivity index (χ1n) is 8.17. The Morgan fingerprint density at radius 2 is 2.00 bits per heavy atom. The molecule has 0 bridgehead atoms. The van der Waals surface area contributed by atoms with E-state index in [2.05, 4.69) is 10.3 Å². The number of esters is 1. The van der Waals surface area contributed by atoms with Gasteiger partial charge in [0.25, 0.3) is 0 Å². The van der Waals surface area contributed by atoms with E-state index in [0.717, 1.165) is 24.8 Å². The average molecular weight is 320 g/mol. The lowest BCUT2D eigenvalue weighted by molar-refractivity contribution is -0.117. The van der Waals surface area contributed by atoms with Gasteiger partial charge >= 0.3 is 5.97 Å². The van der Waals surface area contributed by atoms with Crippen molar-refractivity contribution >= 4 is 17.7 Å². The Morgan fingerprint density at radius 1 is 1.26 bits per heavy atom. The predicted octanol–water partition coefficient (Wildman–Crippen LogP) is 2.75. The van der Waals surface area contributed by atoms with Gasteiger partial charge in [0.15, 0.2) is 5.69 Å². The Hall–Kier alpha value is -1.95. The van der Waals surface area contributed by atoms with Gasteiger partial charge in [-0.05, 0) is 30.9 Å². The number of hydrogen-bond donors (Lipinski definition) is 1. The number of anilines is 1. The van der Waals surface area contributed by atoms with Gasteiger partial charge in [-0.2, -0.15) is 0 Å². The molecule has 1 N–H and O–H groups in total. The van der Waals surface area contributed by atoms with Crippen LogP contribution in [-0.2, 0) is 14.3 Å². The predicted molar refractivity (Wildman–Crippen MR) is 86.5 cm³/mol.